The van der Waals surface area contributed by atoms with Gasteiger partial charge >= 0.3 is 0 Å². The van der Waals surface area contributed by atoms with Crippen molar-refractivity contribution in [3.8, 4) is 113 Å². The van der Waals surface area contributed by atoms with Crippen molar-refractivity contribution in [3.63, 3.8) is 0 Å². The predicted molar refractivity (Wildman–Crippen MR) is 275 cm³/mol. The Morgan fingerprint density at radius 1 is 0.235 bits per heavy atom. The van der Waals surface area contributed by atoms with E-state index in [1.807, 2.05) is 98.8 Å². The van der Waals surface area contributed by atoms with Gasteiger partial charge in [-0.25, -0.2) is 34.9 Å². The SMILES string of the molecule is Cc1cc(-c2cccc(-c3cccc(-c4cc(-c5ccc(-c6ccccc6)cc5)nc(-c5ccccc5)n4)c3)c2-c2cccc(-c3nc(-c4ccccc4)nc(-c4ccccc4)n3)c2)nc(C)n1. The van der Waals surface area contributed by atoms with Gasteiger partial charge in [0, 0.05) is 44.6 Å². The van der Waals surface area contributed by atoms with Crippen LogP contribution in [0.2, 0.25) is 0 Å². The molecule has 68 heavy (non-hydrogen) atoms. The zero-order chi connectivity index (χ0) is 45.8. The second-order valence-electron chi connectivity index (χ2n) is 16.6. The van der Waals surface area contributed by atoms with Gasteiger partial charge in [0.15, 0.2) is 23.3 Å². The highest BCUT2D eigenvalue weighted by Gasteiger charge is 2.20. The lowest BCUT2D eigenvalue weighted by Gasteiger charge is -2.18. The number of benzene rings is 8. The van der Waals surface area contributed by atoms with Crippen molar-refractivity contribution in [1.29, 1.82) is 0 Å². The maximum atomic E-state index is 5.22. The molecule has 0 saturated heterocycles. The molecule has 0 N–H and O–H groups in total. The zero-order valence-corrected chi connectivity index (χ0v) is 37.5. The molecule has 0 radical (unpaired) electrons. The summed E-state index contributed by atoms with van der Waals surface area (Å²) in [4.78, 5) is 35.1. The van der Waals surface area contributed by atoms with E-state index in [-0.39, 0.29) is 0 Å². The van der Waals surface area contributed by atoms with Crippen LogP contribution in [0.3, 0.4) is 0 Å². The van der Waals surface area contributed by atoms with Gasteiger partial charge in [0.25, 0.3) is 0 Å². The summed E-state index contributed by atoms with van der Waals surface area (Å²) in [7, 11) is 0. The second-order valence-corrected chi connectivity index (χ2v) is 16.6. The molecule has 11 rings (SSSR count). The summed E-state index contributed by atoms with van der Waals surface area (Å²) >= 11 is 0. The third-order valence-electron chi connectivity index (χ3n) is 11.9. The Labute approximate surface area is 395 Å². The monoisotopic (exact) mass is 873 g/mol. The fraction of sp³-hybridized carbons (Fsp3) is 0.0328. The van der Waals surface area contributed by atoms with Crippen LogP contribution in [0.1, 0.15) is 11.5 Å². The first-order valence-corrected chi connectivity index (χ1v) is 22.6. The van der Waals surface area contributed by atoms with Gasteiger partial charge in [-0.2, -0.15) is 0 Å². The molecule has 0 amide bonds. The predicted octanol–water partition coefficient (Wildman–Crippen LogP) is 14.7. The van der Waals surface area contributed by atoms with Crippen LogP contribution in [-0.2, 0) is 0 Å². The molecule has 0 aliphatic rings. The highest BCUT2D eigenvalue weighted by Crippen LogP contribution is 2.42. The van der Waals surface area contributed by atoms with Gasteiger partial charge in [-0.3, -0.25) is 0 Å². The molecule has 3 aromatic heterocycles. The molecule has 0 fully saturated rings. The van der Waals surface area contributed by atoms with Crippen LogP contribution >= 0.6 is 0 Å². The summed E-state index contributed by atoms with van der Waals surface area (Å²) in [6.45, 7) is 3.95. The van der Waals surface area contributed by atoms with E-state index in [0.717, 1.165) is 89.5 Å². The first kappa shape index (κ1) is 41.6. The molecule has 0 aliphatic heterocycles. The van der Waals surface area contributed by atoms with Gasteiger partial charge in [0.05, 0.1) is 17.1 Å². The molecule has 11 aromatic rings. The fourth-order valence-electron chi connectivity index (χ4n) is 8.69. The number of hydrogen-bond acceptors (Lipinski definition) is 7. The van der Waals surface area contributed by atoms with Crippen LogP contribution in [0.25, 0.3) is 113 Å². The Morgan fingerprint density at radius 3 is 1.24 bits per heavy atom. The molecule has 0 atom stereocenters. The normalized spacial score (nSPS) is 11.1. The average Bonchev–Trinajstić information content (AvgIpc) is 3.41. The molecule has 7 heteroatoms. The molecular weight excluding hydrogens is 831 g/mol. The van der Waals surface area contributed by atoms with Crippen molar-refractivity contribution in [2.75, 3.05) is 0 Å². The van der Waals surface area contributed by atoms with E-state index in [1.165, 1.54) is 5.56 Å². The summed E-state index contributed by atoms with van der Waals surface area (Å²) in [6.07, 6.45) is 0. The average molecular weight is 874 g/mol. The van der Waals surface area contributed by atoms with Crippen molar-refractivity contribution >= 4 is 0 Å². The first-order valence-electron chi connectivity index (χ1n) is 22.6. The number of aryl methyl sites for hydroxylation is 2. The molecular formula is C61H43N7. The van der Waals surface area contributed by atoms with Crippen LogP contribution in [0, 0.1) is 13.8 Å². The van der Waals surface area contributed by atoms with Gasteiger partial charge in [-0.05, 0) is 71.5 Å². The van der Waals surface area contributed by atoms with E-state index < -0.39 is 0 Å². The minimum atomic E-state index is 0.581. The number of nitrogens with zero attached hydrogens (tertiary/aromatic N) is 7. The summed E-state index contributed by atoms with van der Waals surface area (Å²) in [5, 5.41) is 0. The summed E-state index contributed by atoms with van der Waals surface area (Å²) in [6, 6.07) is 77.0. The quantitative estimate of drug-likeness (QED) is 0.135. The largest absolute Gasteiger partial charge is 0.239 e. The van der Waals surface area contributed by atoms with Gasteiger partial charge < -0.3 is 0 Å². The van der Waals surface area contributed by atoms with E-state index in [4.69, 9.17) is 29.9 Å². The molecule has 8 aromatic carbocycles. The third-order valence-corrected chi connectivity index (χ3v) is 11.9. The van der Waals surface area contributed by atoms with Crippen LogP contribution in [0.4, 0.5) is 0 Å². The Hall–Kier alpha value is -9.07. The van der Waals surface area contributed by atoms with Crippen molar-refractivity contribution in [2.24, 2.45) is 0 Å². The maximum Gasteiger partial charge on any atom is 0.164 e. The summed E-state index contributed by atoms with van der Waals surface area (Å²) in [5.41, 5.74) is 16.4. The lowest BCUT2D eigenvalue weighted by atomic mass is 9.87. The number of rotatable bonds is 10. The lowest BCUT2D eigenvalue weighted by molar-refractivity contribution is 1.02. The lowest BCUT2D eigenvalue weighted by Crippen LogP contribution is -2.00. The summed E-state index contributed by atoms with van der Waals surface area (Å²) < 4.78 is 0. The molecule has 0 bridgehead atoms. The molecule has 0 saturated carbocycles. The second kappa shape index (κ2) is 18.4. The van der Waals surface area contributed by atoms with E-state index in [0.29, 0.717) is 29.1 Å². The Morgan fingerprint density at radius 2 is 0.647 bits per heavy atom. The highest BCUT2D eigenvalue weighted by atomic mass is 15.0. The van der Waals surface area contributed by atoms with E-state index in [1.54, 1.807) is 0 Å². The number of hydrogen-bond donors (Lipinski definition) is 0. The zero-order valence-electron chi connectivity index (χ0n) is 37.5. The van der Waals surface area contributed by atoms with Crippen LogP contribution in [0.15, 0.2) is 224 Å². The van der Waals surface area contributed by atoms with Gasteiger partial charge in [0.1, 0.15) is 5.82 Å². The van der Waals surface area contributed by atoms with Crippen LogP contribution < -0.4 is 0 Å². The van der Waals surface area contributed by atoms with Crippen LogP contribution in [-0.4, -0.2) is 34.9 Å². The van der Waals surface area contributed by atoms with E-state index >= 15 is 0 Å². The minimum absolute atomic E-state index is 0.581. The van der Waals surface area contributed by atoms with Crippen molar-refractivity contribution in [2.45, 2.75) is 13.8 Å². The topological polar surface area (TPSA) is 90.2 Å². The smallest absolute Gasteiger partial charge is 0.164 e. The summed E-state index contributed by atoms with van der Waals surface area (Å²) in [5.74, 6) is 3.17. The van der Waals surface area contributed by atoms with Crippen molar-refractivity contribution in [1.82, 2.24) is 34.9 Å². The Kier molecular flexibility index (Phi) is 11.3. The maximum absolute atomic E-state index is 5.22. The van der Waals surface area contributed by atoms with Gasteiger partial charge in [0.2, 0.25) is 0 Å². The molecule has 3 heterocycles. The first-order chi connectivity index (χ1) is 33.5. The van der Waals surface area contributed by atoms with Crippen molar-refractivity contribution in [3.05, 3.63) is 236 Å². The molecule has 0 aliphatic carbocycles. The van der Waals surface area contributed by atoms with Crippen LogP contribution in [0.5, 0.6) is 0 Å². The van der Waals surface area contributed by atoms with E-state index in [9.17, 15) is 0 Å². The van der Waals surface area contributed by atoms with E-state index in [2.05, 4.69) is 145 Å². The minimum Gasteiger partial charge on any atom is -0.239 e. The standard InChI is InChI=1S/C61H43N7/c1-40-36-56(63-41(2)62-40)53-31-17-30-52(57(53)50-28-16-29-51(38-50)61-67-59(46-22-11-5-12-23-46)66-60(68-61)47-24-13-6-14-25-47)48-26-15-27-49(37-48)55-39-54(64-58(65-55)45-20-9-4-10-21-45)44-34-32-43(33-35-44)42-18-7-3-8-19-42/h3-39H,1-2H3. The molecule has 0 unspecified atom stereocenters. The Balaban J connectivity index is 1.06. The molecule has 7 nitrogen and oxygen atoms in total. The van der Waals surface area contributed by atoms with Crippen molar-refractivity contribution < 1.29 is 0 Å². The van der Waals surface area contributed by atoms with Gasteiger partial charge in [-0.15, -0.1) is 0 Å². The van der Waals surface area contributed by atoms with Gasteiger partial charge in [-0.1, -0.05) is 200 Å². The number of aromatic nitrogens is 7. The highest BCUT2D eigenvalue weighted by molar-refractivity contribution is 5.95. The fourth-order valence-corrected chi connectivity index (χ4v) is 8.69. The Bertz CT molecular complexity index is 3480. The third kappa shape index (κ3) is 8.72. The molecule has 322 valence electrons. The molecule has 0 spiro atoms.